The molecule has 0 spiro atoms. The lowest BCUT2D eigenvalue weighted by Gasteiger charge is -2.11. The van der Waals surface area contributed by atoms with Crippen molar-refractivity contribution < 1.29 is 9.47 Å². The Balaban J connectivity index is 1.33. The van der Waals surface area contributed by atoms with Crippen molar-refractivity contribution in [3.8, 4) is 22.3 Å². The van der Waals surface area contributed by atoms with E-state index < -0.39 is 0 Å². The van der Waals surface area contributed by atoms with Crippen LogP contribution in [0.1, 0.15) is 23.1 Å². The highest BCUT2D eigenvalue weighted by atomic mass is 35.5. The number of aryl methyl sites for hydroxylation is 1. The van der Waals surface area contributed by atoms with Crippen molar-refractivity contribution in [2.24, 2.45) is 0 Å². The third-order valence-electron chi connectivity index (χ3n) is 5.66. The highest BCUT2D eigenvalue weighted by molar-refractivity contribution is 6.31. The molecule has 5 rings (SSSR count). The molecule has 3 aromatic carbocycles. The van der Waals surface area contributed by atoms with Crippen LogP contribution in [0.15, 0.2) is 60.7 Å². The maximum absolute atomic E-state index is 6.63. The Labute approximate surface area is 171 Å². The SMILES string of the molecule is Clc1cc(-c2cccc3c2Cc2ccccc2-3)ccc1CCCOCC1CO1. The van der Waals surface area contributed by atoms with Gasteiger partial charge in [0.05, 0.1) is 13.2 Å². The lowest BCUT2D eigenvalue weighted by atomic mass is 9.94. The summed E-state index contributed by atoms with van der Waals surface area (Å²) in [5.41, 5.74) is 9.19. The van der Waals surface area contributed by atoms with Gasteiger partial charge in [-0.2, -0.15) is 0 Å². The Kier molecular flexibility index (Phi) is 4.94. The molecule has 1 saturated heterocycles. The van der Waals surface area contributed by atoms with Crippen LogP contribution >= 0.6 is 11.6 Å². The van der Waals surface area contributed by atoms with Crippen LogP contribution in [0.4, 0.5) is 0 Å². The van der Waals surface area contributed by atoms with E-state index in [4.69, 9.17) is 21.1 Å². The lowest BCUT2D eigenvalue weighted by molar-refractivity contribution is 0.114. The smallest absolute Gasteiger partial charge is 0.104 e. The Hall–Kier alpha value is -2.13. The Morgan fingerprint density at radius 3 is 2.64 bits per heavy atom. The van der Waals surface area contributed by atoms with Crippen molar-refractivity contribution in [2.75, 3.05) is 19.8 Å². The number of rotatable bonds is 7. The molecule has 0 bridgehead atoms. The van der Waals surface area contributed by atoms with Gasteiger partial charge >= 0.3 is 0 Å². The molecule has 3 aromatic rings. The third kappa shape index (κ3) is 3.60. The first-order valence-corrected chi connectivity index (χ1v) is 10.4. The van der Waals surface area contributed by atoms with Gasteiger partial charge in [0, 0.05) is 11.6 Å². The number of halogens is 1. The first-order valence-electron chi connectivity index (χ1n) is 9.98. The van der Waals surface area contributed by atoms with Crippen LogP contribution < -0.4 is 0 Å². The van der Waals surface area contributed by atoms with Gasteiger partial charge < -0.3 is 9.47 Å². The molecule has 1 aliphatic heterocycles. The minimum absolute atomic E-state index is 0.335. The molecule has 0 saturated carbocycles. The van der Waals surface area contributed by atoms with Gasteiger partial charge in [-0.1, -0.05) is 66.2 Å². The molecule has 1 fully saturated rings. The first kappa shape index (κ1) is 17.9. The number of epoxide rings is 1. The second kappa shape index (κ2) is 7.71. The Morgan fingerprint density at radius 1 is 0.964 bits per heavy atom. The van der Waals surface area contributed by atoms with E-state index in [2.05, 4.69) is 60.7 Å². The topological polar surface area (TPSA) is 21.8 Å². The summed E-state index contributed by atoms with van der Waals surface area (Å²) in [6.45, 7) is 2.32. The molecule has 3 heteroatoms. The van der Waals surface area contributed by atoms with E-state index >= 15 is 0 Å². The number of benzene rings is 3. The van der Waals surface area contributed by atoms with E-state index in [0.717, 1.165) is 37.5 Å². The van der Waals surface area contributed by atoms with Crippen LogP contribution in [0.5, 0.6) is 0 Å². The largest absolute Gasteiger partial charge is 0.379 e. The van der Waals surface area contributed by atoms with Gasteiger partial charge in [-0.05, 0) is 64.3 Å². The normalized spacial score (nSPS) is 16.7. The summed E-state index contributed by atoms with van der Waals surface area (Å²) in [4.78, 5) is 0. The maximum Gasteiger partial charge on any atom is 0.104 e. The van der Waals surface area contributed by atoms with E-state index in [1.807, 2.05) is 0 Å². The van der Waals surface area contributed by atoms with Crippen LogP contribution in [-0.4, -0.2) is 25.9 Å². The first-order chi connectivity index (χ1) is 13.8. The van der Waals surface area contributed by atoms with Crippen LogP contribution in [0.25, 0.3) is 22.3 Å². The predicted octanol–water partition coefficient (Wildman–Crippen LogP) is 5.93. The average Bonchev–Trinajstić information content (AvgIpc) is 3.46. The summed E-state index contributed by atoms with van der Waals surface area (Å²) in [6.07, 6.45) is 3.23. The number of hydrogen-bond donors (Lipinski definition) is 0. The van der Waals surface area contributed by atoms with Crippen molar-refractivity contribution in [3.63, 3.8) is 0 Å². The second-order valence-electron chi connectivity index (χ2n) is 7.61. The Morgan fingerprint density at radius 2 is 1.79 bits per heavy atom. The third-order valence-corrected chi connectivity index (χ3v) is 6.01. The summed E-state index contributed by atoms with van der Waals surface area (Å²) in [5.74, 6) is 0. The zero-order valence-corrected chi connectivity index (χ0v) is 16.5. The van der Waals surface area contributed by atoms with E-state index in [-0.39, 0.29) is 0 Å². The number of fused-ring (bicyclic) bond motifs is 3. The quantitative estimate of drug-likeness (QED) is 0.288. The summed E-state index contributed by atoms with van der Waals surface area (Å²) >= 11 is 6.63. The van der Waals surface area contributed by atoms with Crippen LogP contribution in [0, 0.1) is 0 Å². The number of ether oxygens (including phenoxy) is 2. The monoisotopic (exact) mass is 390 g/mol. The van der Waals surface area contributed by atoms with Gasteiger partial charge in [0.15, 0.2) is 0 Å². The van der Waals surface area contributed by atoms with Crippen LogP contribution in [0.3, 0.4) is 0 Å². The molecule has 0 N–H and O–H groups in total. The highest BCUT2D eigenvalue weighted by Crippen LogP contribution is 2.41. The van der Waals surface area contributed by atoms with E-state index in [1.54, 1.807) is 0 Å². The molecule has 0 amide bonds. The van der Waals surface area contributed by atoms with Crippen molar-refractivity contribution in [1.82, 2.24) is 0 Å². The summed E-state index contributed by atoms with van der Waals surface area (Å²) in [6, 6.07) is 21.8. The molecule has 0 aromatic heterocycles. The van der Waals surface area contributed by atoms with Crippen molar-refractivity contribution >= 4 is 11.6 Å². The Bertz CT molecular complexity index is 1010. The molecule has 0 radical (unpaired) electrons. The molecule has 1 atom stereocenters. The molecule has 1 unspecified atom stereocenters. The standard InChI is InChI=1S/C25H23ClO2/c26-25-14-19(11-10-17(25)6-4-12-27-15-20-16-28-20)22-8-3-9-23-21-7-2-1-5-18(21)13-24(22)23/h1-3,5,7-11,14,20H,4,6,12-13,15-16H2. The number of hydrogen-bond acceptors (Lipinski definition) is 2. The molecule has 28 heavy (non-hydrogen) atoms. The fourth-order valence-corrected chi connectivity index (χ4v) is 4.36. The predicted molar refractivity (Wildman–Crippen MR) is 114 cm³/mol. The average molecular weight is 391 g/mol. The molecule has 142 valence electrons. The maximum atomic E-state index is 6.63. The molecule has 2 aliphatic rings. The van der Waals surface area contributed by atoms with Gasteiger partial charge in [0.1, 0.15) is 6.10 Å². The second-order valence-corrected chi connectivity index (χ2v) is 8.01. The minimum Gasteiger partial charge on any atom is -0.379 e. The van der Waals surface area contributed by atoms with Crippen LogP contribution in [0.2, 0.25) is 5.02 Å². The van der Waals surface area contributed by atoms with E-state index in [0.29, 0.717) is 12.7 Å². The molecule has 1 aliphatic carbocycles. The van der Waals surface area contributed by atoms with E-state index in [9.17, 15) is 0 Å². The van der Waals surface area contributed by atoms with Gasteiger partial charge in [0.2, 0.25) is 0 Å². The summed E-state index contributed by atoms with van der Waals surface area (Å²) in [7, 11) is 0. The summed E-state index contributed by atoms with van der Waals surface area (Å²) < 4.78 is 10.8. The van der Waals surface area contributed by atoms with Gasteiger partial charge in [0.25, 0.3) is 0 Å². The van der Waals surface area contributed by atoms with Gasteiger partial charge in [-0.25, -0.2) is 0 Å². The van der Waals surface area contributed by atoms with Crippen molar-refractivity contribution in [1.29, 1.82) is 0 Å². The zero-order chi connectivity index (χ0) is 18.9. The minimum atomic E-state index is 0.335. The summed E-state index contributed by atoms with van der Waals surface area (Å²) in [5, 5.41) is 0.844. The molecular formula is C25H23ClO2. The van der Waals surface area contributed by atoms with Crippen molar-refractivity contribution in [3.05, 3.63) is 82.4 Å². The highest BCUT2D eigenvalue weighted by Gasteiger charge is 2.22. The zero-order valence-electron chi connectivity index (χ0n) is 15.8. The molecular weight excluding hydrogens is 368 g/mol. The fraction of sp³-hybridized carbons (Fsp3) is 0.280. The lowest BCUT2D eigenvalue weighted by Crippen LogP contribution is -2.03. The molecule has 2 nitrogen and oxygen atoms in total. The van der Waals surface area contributed by atoms with Crippen LogP contribution in [-0.2, 0) is 22.3 Å². The van der Waals surface area contributed by atoms with Crippen molar-refractivity contribution in [2.45, 2.75) is 25.4 Å². The molecule has 1 heterocycles. The van der Waals surface area contributed by atoms with Gasteiger partial charge in [-0.15, -0.1) is 0 Å². The van der Waals surface area contributed by atoms with E-state index in [1.165, 1.54) is 38.9 Å². The fourth-order valence-electron chi connectivity index (χ4n) is 4.09. The van der Waals surface area contributed by atoms with Gasteiger partial charge in [-0.3, -0.25) is 0 Å².